The number of fused-ring (bicyclic) bond motifs is 1. The Morgan fingerprint density at radius 1 is 1.25 bits per heavy atom. The van der Waals surface area contributed by atoms with Crippen molar-refractivity contribution in [1.29, 1.82) is 0 Å². The van der Waals surface area contributed by atoms with Crippen LogP contribution in [-0.2, 0) is 16.0 Å². The predicted octanol–water partition coefficient (Wildman–Crippen LogP) is 3.13. The normalized spacial score (nSPS) is 17.2. The number of aliphatic hydroxyl groups excluding tert-OH is 1. The van der Waals surface area contributed by atoms with Crippen molar-refractivity contribution in [3.63, 3.8) is 0 Å². The maximum absolute atomic E-state index is 13.9. The maximum Gasteiger partial charge on any atom is 0.223 e. The molecule has 1 fully saturated rings. The number of amides is 1. The lowest BCUT2D eigenvalue weighted by molar-refractivity contribution is -0.140. The van der Waals surface area contributed by atoms with Crippen LogP contribution in [-0.4, -0.2) is 53.3 Å². The third-order valence-corrected chi connectivity index (χ3v) is 5.21. The molecule has 1 atom stereocenters. The number of nitrogens with zero attached hydrogens (tertiary/aromatic N) is 1. The number of aryl methyl sites for hydroxylation is 1. The minimum Gasteiger partial charge on any atom is -0.394 e. The largest absolute Gasteiger partial charge is 0.394 e. The third-order valence-electron chi connectivity index (χ3n) is 5.21. The molecule has 1 aromatic heterocycles. The van der Waals surface area contributed by atoms with Crippen LogP contribution in [0.25, 0.3) is 22.2 Å². The Balaban J connectivity index is 1.60. The first kappa shape index (κ1) is 18.7. The monoisotopic (exact) mass is 382 g/mol. The van der Waals surface area contributed by atoms with Crippen LogP contribution in [0, 0.1) is 5.82 Å². The van der Waals surface area contributed by atoms with Crippen molar-refractivity contribution < 1.29 is 19.0 Å². The van der Waals surface area contributed by atoms with Gasteiger partial charge in [0.15, 0.2) is 0 Å². The van der Waals surface area contributed by atoms with Crippen LogP contribution >= 0.6 is 0 Å². The molecule has 5 nitrogen and oxygen atoms in total. The number of carbonyl (C=O) groups excluding carboxylic acids is 1. The van der Waals surface area contributed by atoms with E-state index in [1.807, 2.05) is 30.3 Å². The summed E-state index contributed by atoms with van der Waals surface area (Å²) in [5.74, 6) is -0.274. The number of morpholine rings is 1. The molecule has 1 amide bonds. The molecule has 1 saturated heterocycles. The lowest BCUT2D eigenvalue weighted by Crippen LogP contribution is -2.46. The van der Waals surface area contributed by atoms with Gasteiger partial charge in [-0.3, -0.25) is 4.79 Å². The van der Waals surface area contributed by atoms with Gasteiger partial charge in [-0.2, -0.15) is 0 Å². The molecular weight excluding hydrogens is 359 g/mol. The molecule has 2 N–H and O–H groups in total. The number of hydrogen-bond acceptors (Lipinski definition) is 3. The number of carbonyl (C=O) groups is 1. The number of H-pyrrole nitrogens is 1. The summed E-state index contributed by atoms with van der Waals surface area (Å²) in [5, 5.41) is 10.1. The Hall–Kier alpha value is -2.70. The Morgan fingerprint density at radius 2 is 2.07 bits per heavy atom. The SMILES string of the molecule is O=C(CCc1c(-c2ccccc2)[nH]c2ccc(F)cc12)N1CCO[C@H](CO)C1. The summed E-state index contributed by atoms with van der Waals surface area (Å²) < 4.78 is 19.3. The minimum atomic E-state index is -0.320. The highest BCUT2D eigenvalue weighted by molar-refractivity contribution is 5.91. The second kappa shape index (κ2) is 8.12. The van der Waals surface area contributed by atoms with Crippen LogP contribution in [0.5, 0.6) is 0 Å². The van der Waals surface area contributed by atoms with Gasteiger partial charge in [0.2, 0.25) is 5.91 Å². The van der Waals surface area contributed by atoms with Crippen molar-refractivity contribution in [3.8, 4) is 11.3 Å². The van der Waals surface area contributed by atoms with Crippen molar-refractivity contribution in [2.45, 2.75) is 18.9 Å². The van der Waals surface area contributed by atoms with E-state index in [2.05, 4.69) is 4.98 Å². The van der Waals surface area contributed by atoms with Crippen LogP contribution in [0.3, 0.4) is 0 Å². The van der Waals surface area contributed by atoms with E-state index >= 15 is 0 Å². The second-order valence-corrected chi connectivity index (χ2v) is 7.05. The number of ether oxygens (including phenoxy) is 1. The Labute approximate surface area is 162 Å². The highest BCUT2D eigenvalue weighted by atomic mass is 19.1. The Bertz CT molecular complexity index is 971. The van der Waals surface area contributed by atoms with Gasteiger partial charge in [-0.15, -0.1) is 0 Å². The lowest BCUT2D eigenvalue weighted by Gasteiger charge is -2.32. The van der Waals surface area contributed by atoms with Gasteiger partial charge in [-0.1, -0.05) is 30.3 Å². The van der Waals surface area contributed by atoms with Gasteiger partial charge in [0.05, 0.1) is 19.3 Å². The van der Waals surface area contributed by atoms with Crippen molar-refractivity contribution in [3.05, 3.63) is 59.9 Å². The van der Waals surface area contributed by atoms with Crippen molar-refractivity contribution >= 4 is 16.8 Å². The number of halogens is 1. The highest BCUT2D eigenvalue weighted by Crippen LogP contribution is 2.32. The van der Waals surface area contributed by atoms with Crippen LogP contribution in [0.15, 0.2) is 48.5 Å². The first-order valence-electron chi connectivity index (χ1n) is 9.51. The summed E-state index contributed by atoms with van der Waals surface area (Å²) in [6.07, 6.45) is 0.509. The van der Waals surface area contributed by atoms with Gasteiger partial charge in [0, 0.05) is 36.1 Å². The van der Waals surface area contributed by atoms with E-state index < -0.39 is 0 Å². The third kappa shape index (κ3) is 3.79. The van der Waals surface area contributed by atoms with Gasteiger partial charge in [0.1, 0.15) is 5.82 Å². The first-order chi connectivity index (χ1) is 13.7. The summed E-state index contributed by atoms with van der Waals surface area (Å²) in [4.78, 5) is 17.8. The number of aromatic nitrogens is 1. The van der Waals surface area contributed by atoms with Crippen molar-refractivity contribution in [2.24, 2.45) is 0 Å². The molecule has 2 aromatic carbocycles. The molecule has 0 aliphatic carbocycles. The van der Waals surface area contributed by atoms with E-state index in [1.54, 1.807) is 11.0 Å². The molecule has 0 spiro atoms. The molecule has 0 unspecified atom stereocenters. The van der Waals surface area contributed by atoms with E-state index in [0.717, 1.165) is 27.7 Å². The molecule has 6 heteroatoms. The number of benzene rings is 2. The van der Waals surface area contributed by atoms with Crippen LogP contribution < -0.4 is 0 Å². The maximum atomic E-state index is 13.9. The zero-order chi connectivity index (χ0) is 19.5. The topological polar surface area (TPSA) is 65.6 Å². The summed E-state index contributed by atoms with van der Waals surface area (Å²) in [6.45, 7) is 1.28. The van der Waals surface area contributed by atoms with Crippen LogP contribution in [0.4, 0.5) is 4.39 Å². The van der Waals surface area contributed by atoms with E-state index in [9.17, 15) is 14.3 Å². The zero-order valence-electron chi connectivity index (χ0n) is 15.5. The Kier molecular flexibility index (Phi) is 5.41. The number of aromatic amines is 1. The number of aliphatic hydroxyl groups is 1. The summed E-state index contributed by atoms with van der Waals surface area (Å²) in [6, 6.07) is 14.6. The van der Waals surface area contributed by atoms with E-state index in [1.165, 1.54) is 12.1 Å². The number of nitrogens with one attached hydrogen (secondary N) is 1. The average molecular weight is 382 g/mol. The van der Waals surface area contributed by atoms with Crippen molar-refractivity contribution in [2.75, 3.05) is 26.3 Å². The molecule has 0 saturated carbocycles. The molecule has 1 aliphatic rings. The Morgan fingerprint density at radius 3 is 2.86 bits per heavy atom. The summed E-state index contributed by atoms with van der Waals surface area (Å²) >= 11 is 0. The standard InChI is InChI=1S/C22H23FN2O3/c23-16-6-8-20-19(12-16)18(22(24-20)15-4-2-1-3-5-15)7-9-21(27)25-10-11-28-17(13-25)14-26/h1-6,8,12,17,24,26H,7,9-11,13-14H2/t17-/m0/s1. The molecule has 0 radical (unpaired) electrons. The average Bonchev–Trinajstić information content (AvgIpc) is 3.10. The van der Waals surface area contributed by atoms with Crippen molar-refractivity contribution in [1.82, 2.24) is 9.88 Å². The van der Waals surface area contributed by atoms with E-state index in [0.29, 0.717) is 32.5 Å². The molecule has 1 aliphatic heterocycles. The van der Waals surface area contributed by atoms with Crippen LogP contribution in [0.1, 0.15) is 12.0 Å². The fourth-order valence-electron chi connectivity index (χ4n) is 3.78. The van der Waals surface area contributed by atoms with Gasteiger partial charge in [-0.05, 0) is 35.7 Å². The predicted molar refractivity (Wildman–Crippen MR) is 105 cm³/mol. The highest BCUT2D eigenvalue weighted by Gasteiger charge is 2.24. The fourth-order valence-corrected chi connectivity index (χ4v) is 3.78. The second-order valence-electron chi connectivity index (χ2n) is 7.05. The molecule has 146 valence electrons. The molecule has 4 rings (SSSR count). The van der Waals surface area contributed by atoms with Gasteiger partial charge in [0.25, 0.3) is 0 Å². The fraction of sp³-hybridized carbons (Fsp3) is 0.318. The van der Waals surface area contributed by atoms with Gasteiger partial charge in [-0.25, -0.2) is 4.39 Å². The minimum absolute atomic E-state index is 0.0199. The smallest absolute Gasteiger partial charge is 0.223 e. The summed E-state index contributed by atoms with van der Waals surface area (Å²) in [5.41, 5.74) is 3.73. The summed E-state index contributed by atoms with van der Waals surface area (Å²) in [7, 11) is 0. The van der Waals surface area contributed by atoms with Crippen LogP contribution in [0.2, 0.25) is 0 Å². The molecule has 0 bridgehead atoms. The van der Waals surface area contributed by atoms with Gasteiger partial charge < -0.3 is 19.7 Å². The van der Waals surface area contributed by atoms with Gasteiger partial charge >= 0.3 is 0 Å². The molecule has 28 heavy (non-hydrogen) atoms. The first-order valence-corrected chi connectivity index (χ1v) is 9.51. The van der Waals surface area contributed by atoms with E-state index in [4.69, 9.17) is 4.74 Å². The zero-order valence-corrected chi connectivity index (χ0v) is 15.5. The van der Waals surface area contributed by atoms with E-state index in [-0.39, 0.29) is 24.4 Å². The molecule has 2 heterocycles. The molecule has 3 aromatic rings. The number of hydrogen-bond donors (Lipinski definition) is 2. The number of rotatable bonds is 5. The lowest BCUT2D eigenvalue weighted by atomic mass is 10.0. The quantitative estimate of drug-likeness (QED) is 0.713. The molecular formula is C22H23FN2O3.